The normalized spacial score (nSPS) is 11.0. The number of nitrogens with zero attached hydrogens (tertiary/aromatic N) is 4. The second kappa shape index (κ2) is 9.40. The Labute approximate surface area is 159 Å². The number of benzene rings is 2. The lowest BCUT2D eigenvalue weighted by Gasteiger charge is -2.16. The van der Waals surface area contributed by atoms with Crippen LogP contribution in [0.5, 0.6) is 5.75 Å². The van der Waals surface area contributed by atoms with Gasteiger partial charge in [0.2, 0.25) is 0 Å². The average Bonchev–Trinajstić information content (AvgIpc) is 3.00. The molecule has 0 aliphatic rings. The number of thioether (sulfide) groups is 1. The fourth-order valence-electron chi connectivity index (χ4n) is 2.61. The first kappa shape index (κ1) is 18.5. The number of hydrogen-bond acceptors (Lipinski definition) is 5. The molecule has 0 N–H and O–H groups in total. The molecule has 2 aromatic carbocycles. The lowest BCUT2D eigenvalue weighted by Crippen LogP contribution is -2.19. The molecule has 3 aromatic rings. The van der Waals surface area contributed by atoms with Crippen LogP contribution < -0.4 is 4.74 Å². The van der Waals surface area contributed by atoms with E-state index in [1.165, 1.54) is 5.56 Å². The molecule has 5 nitrogen and oxygen atoms in total. The van der Waals surface area contributed by atoms with Crippen LogP contribution >= 0.6 is 11.8 Å². The average molecular weight is 369 g/mol. The van der Waals surface area contributed by atoms with E-state index >= 15 is 0 Å². The van der Waals surface area contributed by atoms with Crippen LogP contribution in [0.1, 0.15) is 11.4 Å². The third kappa shape index (κ3) is 5.34. The van der Waals surface area contributed by atoms with Crippen molar-refractivity contribution in [3.63, 3.8) is 0 Å². The Kier molecular flexibility index (Phi) is 6.68. The molecule has 0 spiro atoms. The zero-order valence-electron chi connectivity index (χ0n) is 15.2. The van der Waals surface area contributed by atoms with E-state index in [1.807, 2.05) is 43.4 Å². The van der Waals surface area contributed by atoms with E-state index in [9.17, 15) is 0 Å². The summed E-state index contributed by atoms with van der Waals surface area (Å²) in [5, 5.41) is 9.58. The minimum Gasteiger partial charge on any atom is -0.493 e. The van der Waals surface area contributed by atoms with Gasteiger partial charge in [0.15, 0.2) is 5.16 Å². The second-order valence-electron chi connectivity index (χ2n) is 6.13. The maximum atomic E-state index is 5.72. The molecule has 0 amide bonds. The Morgan fingerprint density at radius 1 is 0.962 bits per heavy atom. The summed E-state index contributed by atoms with van der Waals surface area (Å²) in [6, 6.07) is 20.3. The summed E-state index contributed by atoms with van der Waals surface area (Å²) in [6.07, 6.45) is 0. The Morgan fingerprint density at radius 2 is 1.65 bits per heavy atom. The van der Waals surface area contributed by atoms with Crippen LogP contribution in [0, 0.1) is 0 Å². The van der Waals surface area contributed by atoms with Crippen molar-refractivity contribution < 1.29 is 4.74 Å². The molecule has 0 saturated heterocycles. The third-order valence-corrected chi connectivity index (χ3v) is 4.94. The summed E-state index contributed by atoms with van der Waals surface area (Å²) < 4.78 is 7.78. The fraction of sp³-hybridized carbons (Fsp3) is 0.300. The summed E-state index contributed by atoms with van der Waals surface area (Å²) in [5.41, 5.74) is 1.30. The van der Waals surface area contributed by atoms with Gasteiger partial charge in [-0.05, 0) is 24.7 Å². The monoisotopic (exact) mass is 368 g/mol. The van der Waals surface area contributed by atoms with E-state index in [-0.39, 0.29) is 0 Å². The quantitative estimate of drug-likeness (QED) is 0.426. The van der Waals surface area contributed by atoms with Gasteiger partial charge in [0.25, 0.3) is 0 Å². The largest absolute Gasteiger partial charge is 0.493 e. The molecule has 136 valence electrons. The predicted octanol–water partition coefficient (Wildman–Crippen LogP) is 3.62. The lowest BCUT2D eigenvalue weighted by molar-refractivity contribution is 0.306. The number of aromatic nitrogens is 3. The van der Waals surface area contributed by atoms with E-state index in [4.69, 9.17) is 4.74 Å². The summed E-state index contributed by atoms with van der Waals surface area (Å²) in [6.45, 7) is 2.30. The molecule has 0 aliphatic carbocycles. The van der Waals surface area contributed by atoms with Crippen LogP contribution in [-0.2, 0) is 20.1 Å². The molecule has 0 fully saturated rings. The molecule has 0 atom stereocenters. The van der Waals surface area contributed by atoms with Gasteiger partial charge in [-0.15, -0.1) is 10.2 Å². The minimum atomic E-state index is 0.644. The molecule has 1 aromatic heterocycles. The van der Waals surface area contributed by atoms with Crippen molar-refractivity contribution in [3.05, 3.63) is 72.1 Å². The molecular weight excluding hydrogens is 344 g/mol. The van der Waals surface area contributed by atoms with Gasteiger partial charge in [-0.1, -0.05) is 60.3 Å². The van der Waals surface area contributed by atoms with Crippen LogP contribution in [0.15, 0.2) is 65.8 Å². The second-order valence-corrected chi connectivity index (χ2v) is 7.19. The van der Waals surface area contributed by atoms with Crippen molar-refractivity contribution in [1.82, 2.24) is 19.7 Å². The van der Waals surface area contributed by atoms with Crippen LogP contribution in [0.2, 0.25) is 0 Å². The Morgan fingerprint density at radius 3 is 2.38 bits per heavy atom. The van der Waals surface area contributed by atoms with E-state index in [1.54, 1.807) is 11.8 Å². The zero-order chi connectivity index (χ0) is 18.2. The molecule has 1 heterocycles. The van der Waals surface area contributed by atoms with Crippen LogP contribution in [0.25, 0.3) is 0 Å². The summed E-state index contributed by atoms with van der Waals surface area (Å²) in [5.74, 6) is 2.70. The molecule has 3 rings (SSSR count). The van der Waals surface area contributed by atoms with Gasteiger partial charge in [-0.2, -0.15) is 0 Å². The fourth-order valence-corrected chi connectivity index (χ4v) is 3.36. The number of rotatable bonds is 9. The standard InChI is InChI=1S/C20H24N4OS/c1-23(15-17-9-5-3-6-10-17)16-19-21-22-20(24(19)2)26-14-13-25-18-11-7-4-8-12-18/h3-12H,13-16H2,1-2H3. The molecule has 26 heavy (non-hydrogen) atoms. The van der Waals surface area contributed by atoms with Gasteiger partial charge in [-0.25, -0.2) is 0 Å². The third-order valence-electron chi connectivity index (χ3n) is 3.96. The highest BCUT2D eigenvalue weighted by atomic mass is 32.2. The zero-order valence-corrected chi connectivity index (χ0v) is 16.0. The maximum absolute atomic E-state index is 5.72. The van der Waals surface area contributed by atoms with Gasteiger partial charge in [0.1, 0.15) is 11.6 Å². The Balaban J connectivity index is 1.46. The predicted molar refractivity (Wildman–Crippen MR) is 105 cm³/mol. The molecule has 0 radical (unpaired) electrons. The smallest absolute Gasteiger partial charge is 0.191 e. The maximum Gasteiger partial charge on any atom is 0.191 e. The molecule has 0 saturated carbocycles. The molecular formula is C20H24N4OS. The Bertz CT molecular complexity index is 792. The molecule has 0 bridgehead atoms. The van der Waals surface area contributed by atoms with Gasteiger partial charge >= 0.3 is 0 Å². The lowest BCUT2D eigenvalue weighted by atomic mass is 10.2. The van der Waals surface area contributed by atoms with E-state index < -0.39 is 0 Å². The van der Waals surface area contributed by atoms with Gasteiger partial charge < -0.3 is 9.30 Å². The van der Waals surface area contributed by atoms with Crippen molar-refractivity contribution in [2.24, 2.45) is 7.05 Å². The SMILES string of the molecule is CN(Cc1ccccc1)Cc1nnc(SCCOc2ccccc2)n1C. The molecule has 0 aliphatic heterocycles. The van der Waals surface area contributed by atoms with Gasteiger partial charge in [-0.3, -0.25) is 4.90 Å². The highest BCUT2D eigenvalue weighted by molar-refractivity contribution is 7.99. The minimum absolute atomic E-state index is 0.644. The van der Waals surface area contributed by atoms with E-state index in [0.29, 0.717) is 6.61 Å². The number of hydrogen-bond donors (Lipinski definition) is 0. The summed E-state index contributed by atoms with van der Waals surface area (Å²) >= 11 is 1.66. The van der Waals surface area contributed by atoms with Crippen molar-refractivity contribution in [3.8, 4) is 5.75 Å². The van der Waals surface area contributed by atoms with Crippen molar-refractivity contribution in [2.75, 3.05) is 19.4 Å². The van der Waals surface area contributed by atoms with Crippen molar-refractivity contribution >= 4 is 11.8 Å². The first-order valence-corrected chi connectivity index (χ1v) is 9.62. The number of ether oxygens (including phenoxy) is 1. The van der Waals surface area contributed by atoms with Crippen molar-refractivity contribution in [2.45, 2.75) is 18.2 Å². The van der Waals surface area contributed by atoms with Crippen LogP contribution in [-0.4, -0.2) is 39.1 Å². The topological polar surface area (TPSA) is 43.2 Å². The summed E-state index contributed by atoms with van der Waals surface area (Å²) in [4.78, 5) is 2.24. The van der Waals surface area contributed by atoms with E-state index in [2.05, 4.69) is 51.0 Å². The Hall–Kier alpha value is -2.31. The number of para-hydroxylation sites is 1. The molecule has 6 heteroatoms. The first-order chi connectivity index (χ1) is 12.7. The van der Waals surface area contributed by atoms with Crippen molar-refractivity contribution in [1.29, 1.82) is 0 Å². The van der Waals surface area contributed by atoms with Crippen LogP contribution in [0.4, 0.5) is 0 Å². The summed E-state index contributed by atoms with van der Waals surface area (Å²) in [7, 11) is 4.12. The van der Waals surface area contributed by atoms with Crippen LogP contribution in [0.3, 0.4) is 0 Å². The molecule has 0 unspecified atom stereocenters. The van der Waals surface area contributed by atoms with E-state index in [0.717, 1.165) is 35.6 Å². The van der Waals surface area contributed by atoms with Gasteiger partial charge in [0, 0.05) is 19.3 Å². The highest BCUT2D eigenvalue weighted by Crippen LogP contribution is 2.17. The first-order valence-electron chi connectivity index (χ1n) is 8.64. The van der Waals surface area contributed by atoms with Gasteiger partial charge in [0.05, 0.1) is 13.2 Å². The highest BCUT2D eigenvalue weighted by Gasteiger charge is 2.11.